The van der Waals surface area contributed by atoms with E-state index in [1.807, 2.05) is 0 Å². The maximum absolute atomic E-state index is 9.64. The minimum atomic E-state index is -1.70. The SMILES string of the molecule is CC(C)(C)[Si](C)(C)OC[C@@H]1C(CO)[C@H]1CO[Si](C)(C)C(C)(C)C. The average Bonchev–Trinajstić information content (AvgIpc) is 3.03. The van der Waals surface area contributed by atoms with Gasteiger partial charge in [0, 0.05) is 19.8 Å². The van der Waals surface area contributed by atoms with Gasteiger partial charge in [-0.05, 0) is 54.0 Å². The molecule has 1 rings (SSSR count). The van der Waals surface area contributed by atoms with Crippen molar-refractivity contribution in [3.63, 3.8) is 0 Å². The molecule has 138 valence electrons. The fourth-order valence-electron chi connectivity index (χ4n) is 2.33. The summed E-state index contributed by atoms with van der Waals surface area (Å²) in [5.74, 6) is 1.31. The highest BCUT2D eigenvalue weighted by molar-refractivity contribution is 6.74. The maximum Gasteiger partial charge on any atom is 0.191 e. The molecule has 1 saturated carbocycles. The lowest BCUT2D eigenvalue weighted by Crippen LogP contribution is -2.42. The Balaban J connectivity index is 2.54. The minimum absolute atomic E-state index is 0.240. The van der Waals surface area contributed by atoms with Crippen molar-refractivity contribution in [2.45, 2.75) is 77.8 Å². The summed E-state index contributed by atoms with van der Waals surface area (Å²) in [6.07, 6.45) is 0. The summed E-state index contributed by atoms with van der Waals surface area (Å²) in [6, 6.07) is 0. The van der Waals surface area contributed by atoms with Gasteiger partial charge in [0.1, 0.15) is 0 Å². The van der Waals surface area contributed by atoms with Gasteiger partial charge in [-0.15, -0.1) is 0 Å². The molecule has 0 aromatic rings. The third-order valence-electron chi connectivity index (χ3n) is 6.61. The Morgan fingerprint density at radius 3 is 1.22 bits per heavy atom. The van der Waals surface area contributed by atoms with Crippen molar-refractivity contribution < 1.29 is 14.0 Å². The van der Waals surface area contributed by atoms with E-state index in [0.717, 1.165) is 13.2 Å². The first kappa shape index (κ1) is 21.4. The van der Waals surface area contributed by atoms with E-state index in [4.69, 9.17) is 8.85 Å². The fourth-order valence-corrected chi connectivity index (χ4v) is 4.42. The highest BCUT2D eigenvalue weighted by atomic mass is 28.4. The predicted octanol–water partition coefficient (Wildman–Crippen LogP) is 4.88. The molecule has 1 aliphatic rings. The molecule has 0 bridgehead atoms. The van der Waals surface area contributed by atoms with Gasteiger partial charge in [0.2, 0.25) is 0 Å². The van der Waals surface area contributed by atoms with E-state index < -0.39 is 16.6 Å². The summed E-state index contributed by atoms with van der Waals surface area (Å²) in [5.41, 5.74) is 0. The molecule has 0 heterocycles. The molecule has 0 unspecified atom stereocenters. The van der Waals surface area contributed by atoms with E-state index in [0.29, 0.717) is 17.8 Å². The van der Waals surface area contributed by atoms with E-state index in [1.165, 1.54) is 0 Å². The Hall–Kier alpha value is 0.314. The van der Waals surface area contributed by atoms with Gasteiger partial charge in [0.15, 0.2) is 16.6 Å². The second-order valence-electron chi connectivity index (χ2n) is 10.3. The van der Waals surface area contributed by atoms with Gasteiger partial charge in [0.25, 0.3) is 0 Å². The van der Waals surface area contributed by atoms with E-state index in [9.17, 15) is 5.11 Å². The number of hydrogen-bond donors (Lipinski definition) is 1. The Morgan fingerprint density at radius 2 is 1.00 bits per heavy atom. The summed E-state index contributed by atoms with van der Waals surface area (Å²) in [7, 11) is -3.41. The van der Waals surface area contributed by atoms with Crippen molar-refractivity contribution >= 4 is 16.6 Å². The zero-order valence-electron chi connectivity index (χ0n) is 17.1. The van der Waals surface area contributed by atoms with Crippen molar-refractivity contribution in [3.05, 3.63) is 0 Å². The third-order valence-corrected chi connectivity index (χ3v) is 15.6. The lowest BCUT2D eigenvalue weighted by atomic mass is 10.2. The molecule has 1 fully saturated rings. The highest BCUT2D eigenvalue weighted by Gasteiger charge is 2.52. The standard InChI is InChI=1S/C18H40O3Si2/c1-17(2,3)22(7,8)20-12-15-14(11-19)16(15)13-21-23(9,10)18(4,5)6/h14-16,19H,11-13H2,1-10H3/t15-,16-/m1/s1. The second-order valence-corrected chi connectivity index (χ2v) is 19.9. The van der Waals surface area contributed by atoms with Crippen molar-refractivity contribution in [2.24, 2.45) is 17.8 Å². The number of hydrogen-bond acceptors (Lipinski definition) is 3. The fraction of sp³-hybridized carbons (Fsp3) is 1.00. The molecular formula is C18H40O3Si2. The van der Waals surface area contributed by atoms with Crippen LogP contribution in [0.3, 0.4) is 0 Å². The Labute approximate surface area is 146 Å². The lowest BCUT2D eigenvalue weighted by Gasteiger charge is -2.37. The van der Waals surface area contributed by atoms with Gasteiger partial charge < -0.3 is 14.0 Å². The van der Waals surface area contributed by atoms with Crippen LogP contribution in [0.2, 0.25) is 36.3 Å². The number of rotatable bonds is 7. The summed E-state index contributed by atoms with van der Waals surface area (Å²) in [6.45, 7) is 24.6. The first-order valence-corrected chi connectivity index (χ1v) is 14.8. The zero-order chi connectivity index (χ0) is 18.3. The van der Waals surface area contributed by atoms with Crippen molar-refractivity contribution in [1.82, 2.24) is 0 Å². The van der Waals surface area contributed by atoms with Crippen LogP contribution < -0.4 is 0 Å². The van der Waals surface area contributed by atoms with E-state index in [-0.39, 0.29) is 16.7 Å². The normalized spacial score (nSPS) is 26.5. The summed E-state index contributed by atoms with van der Waals surface area (Å²) in [5, 5.41) is 10.1. The average molecular weight is 361 g/mol. The molecule has 2 atom stereocenters. The molecular weight excluding hydrogens is 320 g/mol. The number of aliphatic hydroxyl groups excluding tert-OH is 1. The van der Waals surface area contributed by atoms with Crippen LogP contribution in [0.25, 0.3) is 0 Å². The maximum atomic E-state index is 9.64. The van der Waals surface area contributed by atoms with E-state index in [1.54, 1.807) is 0 Å². The smallest absolute Gasteiger partial charge is 0.191 e. The molecule has 0 amide bonds. The Kier molecular flexibility index (Phi) is 6.41. The molecule has 0 aromatic heterocycles. The van der Waals surface area contributed by atoms with Crippen LogP contribution >= 0.6 is 0 Å². The molecule has 3 nitrogen and oxygen atoms in total. The van der Waals surface area contributed by atoms with Gasteiger partial charge in [-0.1, -0.05) is 41.5 Å². The highest BCUT2D eigenvalue weighted by Crippen LogP contribution is 2.49. The molecule has 0 aromatic carbocycles. The van der Waals surface area contributed by atoms with Crippen LogP contribution in [0.5, 0.6) is 0 Å². The molecule has 23 heavy (non-hydrogen) atoms. The van der Waals surface area contributed by atoms with E-state index in [2.05, 4.69) is 67.7 Å². The first-order chi connectivity index (χ1) is 10.1. The molecule has 1 N–H and O–H groups in total. The van der Waals surface area contributed by atoms with Crippen LogP contribution in [0.1, 0.15) is 41.5 Å². The summed E-state index contributed by atoms with van der Waals surface area (Å²) >= 11 is 0. The molecule has 5 heteroatoms. The number of aliphatic hydroxyl groups is 1. The Bertz CT molecular complexity index is 358. The van der Waals surface area contributed by atoms with Crippen molar-refractivity contribution in [1.29, 1.82) is 0 Å². The zero-order valence-corrected chi connectivity index (χ0v) is 19.1. The Morgan fingerprint density at radius 1 is 0.696 bits per heavy atom. The molecule has 0 spiro atoms. The molecule has 0 radical (unpaired) electrons. The van der Waals surface area contributed by atoms with Gasteiger partial charge in [-0.2, -0.15) is 0 Å². The van der Waals surface area contributed by atoms with Gasteiger partial charge >= 0.3 is 0 Å². The van der Waals surface area contributed by atoms with Crippen LogP contribution in [-0.2, 0) is 8.85 Å². The molecule has 1 aliphatic carbocycles. The summed E-state index contributed by atoms with van der Waals surface area (Å²) < 4.78 is 12.7. The van der Waals surface area contributed by atoms with Gasteiger partial charge in [-0.3, -0.25) is 0 Å². The van der Waals surface area contributed by atoms with Crippen molar-refractivity contribution in [2.75, 3.05) is 19.8 Å². The van der Waals surface area contributed by atoms with E-state index >= 15 is 0 Å². The van der Waals surface area contributed by atoms with Crippen LogP contribution in [0, 0.1) is 17.8 Å². The van der Waals surface area contributed by atoms with Gasteiger partial charge in [0.05, 0.1) is 0 Å². The monoisotopic (exact) mass is 360 g/mol. The third kappa shape index (κ3) is 5.14. The molecule has 0 aliphatic heterocycles. The van der Waals surface area contributed by atoms with Crippen LogP contribution in [0.4, 0.5) is 0 Å². The van der Waals surface area contributed by atoms with Crippen LogP contribution in [0.15, 0.2) is 0 Å². The minimum Gasteiger partial charge on any atom is -0.417 e. The summed E-state index contributed by atoms with van der Waals surface area (Å²) in [4.78, 5) is 0. The topological polar surface area (TPSA) is 38.7 Å². The lowest BCUT2D eigenvalue weighted by molar-refractivity contribution is 0.232. The van der Waals surface area contributed by atoms with Gasteiger partial charge in [-0.25, -0.2) is 0 Å². The first-order valence-electron chi connectivity index (χ1n) is 9.03. The predicted molar refractivity (Wildman–Crippen MR) is 104 cm³/mol. The largest absolute Gasteiger partial charge is 0.417 e. The quantitative estimate of drug-likeness (QED) is 0.657. The van der Waals surface area contributed by atoms with Crippen molar-refractivity contribution in [3.8, 4) is 0 Å². The second kappa shape index (κ2) is 6.91. The molecule has 0 saturated heterocycles. The van der Waals surface area contributed by atoms with Crippen LogP contribution in [-0.4, -0.2) is 41.6 Å².